The highest BCUT2D eigenvalue weighted by Crippen LogP contribution is 2.51. The second-order valence-corrected chi connectivity index (χ2v) is 8.87. The fourth-order valence-electron chi connectivity index (χ4n) is 4.95. The van der Waals surface area contributed by atoms with E-state index in [4.69, 9.17) is 13.8 Å². The molecule has 28 heavy (non-hydrogen) atoms. The molecule has 6 atom stereocenters. The van der Waals surface area contributed by atoms with Gasteiger partial charge in [-0.2, -0.15) is 8.42 Å². The summed E-state index contributed by atoms with van der Waals surface area (Å²) in [6.07, 6.45) is 11.5. The van der Waals surface area contributed by atoms with Crippen LogP contribution in [0, 0.1) is 29.6 Å². The Labute approximate surface area is 167 Å². The zero-order chi connectivity index (χ0) is 21.1. The monoisotopic (exact) mass is 410 g/mol. The van der Waals surface area contributed by atoms with Gasteiger partial charge in [0, 0.05) is 12.0 Å². The van der Waals surface area contributed by atoms with Gasteiger partial charge in [-0.3, -0.25) is 4.55 Å². The van der Waals surface area contributed by atoms with Crippen molar-refractivity contribution in [2.24, 2.45) is 29.6 Å². The van der Waals surface area contributed by atoms with Crippen LogP contribution in [0.5, 0.6) is 0 Å². The summed E-state index contributed by atoms with van der Waals surface area (Å²) in [5.41, 5.74) is 2.49. The molecule has 1 fully saturated rings. The second kappa shape index (κ2) is 9.20. The molecule has 0 saturated heterocycles. The first-order valence-corrected chi connectivity index (χ1v) is 11.0. The van der Waals surface area contributed by atoms with Crippen LogP contribution in [0.25, 0.3) is 0 Å². The predicted molar refractivity (Wildman–Crippen MR) is 108 cm³/mol. The minimum Gasteiger partial charge on any atom is -0.478 e. The van der Waals surface area contributed by atoms with Crippen LogP contribution >= 0.6 is 0 Å². The summed E-state index contributed by atoms with van der Waals surface area (Å²) in [5, 5.41) is 8.81. The van der Waals surface area contributed by atoms with Crippen molar-refractivity contribution >= 4 is 16.4 Å². The molecule has 1 saturated carbocycles. The molecule has 0 amide bonds. The Morgan fingerprint density at radius 2 is 1.96 bits per heavy atom. The van der Waals surface area contributed by atoms with E-state index in [-0.39, 0.29) is 29.6 Å². The van der Waals surface area contributed by atoms with Crippen LogP contribution in [0.4, 0.5) is 0 Å². The summed E-state index contributed by atoms with van der Waals surface area (Å²) < 4.78 is 36.6. The minimum atomic E-state index is -4.51. The number of aliphatic carboxylic acids is 1. The normalized spacial score (nSPS) is 34.5. The number of hydrogen-bond donors (Lipinski definition) is 2. The Hall–Kier alpha value is -1.70. The van der Waals surface area contributed by atoms with Gasteiger partial charge in [-0.15, -0.1) is 0 Å². The molecule has 7 heteroatoms. The molecular formula is C21H30O6S. The summed E-state index contributed by atoms with van der Waals surface area (Å²) in [6, 6.07) is 0. The lowest BCUT2D eigenvalue weighted by molar-refractivity contribution is -0.131. The Morgan fingerprint density at radius 3 is 2.54 bits per heavy atom. The van der Waals surface area contributed by atoms with Gasteiger partial charge in [0.2, 0.25) is 0 Å². The molecule has 0 aromatic rings. The number of fused-ring (bicyclic) bond motifs is 1. The molecule has 0 spiro atoms. The van der Waals surface area contributed by atoms with Crippen LogP contribution in [-0.4, -0.2) is 30.2 Å². The van der Waals surface area contributed by atoms with Gasteiger partial charge in [-0.25, -0.2) is 8.98 Å². The van der Waals surface area contributed by atoms with Crippen molar-refractivity contribution < 1.29 is 27.1 Å². The molecule has 0 aromatic heterocycles. The maximum atomic E-state index is 11.3. The summed E-state index contributed by atoms with van der Waals surface area (Å²) in [4.78, 5) is 10.7. The lowest BCUT2D eigenvalue weighted by Crippen LogP contribution is -2.45. The number of allylic oxidation sites excluding steroid dienone is 7. The lowest BCUT2D eigenvalue weighted by atomic mass is 9.57. The minimum absolute atomic E-state index is 0.0763. The lowest BCUT2D eigenvalue weighted by Gasteiger charge is -2.49. The maximum Gasteiger partial charge on any atom is 0.397 e. The second-order valence-electron chi connectivity index (χ2n) is 7.82. The third-order valence-corrected chi connectivity index (χ3v) is 6.63. The van der Waals surface area contributed by atoms with Crippen molar-refractivity contribution in [3.05, 3.63) is 47.6 Å². The predicted octanol–water partition coefficient (Wildman–Crippen LogP) is 4.19. The van der Waals surface area contributed by atoms with E-state index in [0.29, 0.717) is 6.42 Å². The summed E-state index contributed by atoms with van der Waals surface area (Å²) in [6.45, 7) is 8.16. The third kappa shape index (κ3) is 5.43. The average molecular weight is 411 g/mol. The maximum absolute atomic E-state index is 11.3. The van der Waals surface area contributed by atoms with E-state index in [1.807, 2.05) is 19.9 Å². The van der Waals surface area contributed by atoms with Crippen LogP contribution < -0.4 is 0 Å². The highest BCUT2D eigenvalue weighted by Gasteiger charge is 2.46. The fourth-order valence-corrected chi connectivity index (χ4v) is 5.54. The molecule has 2 N–H and O–H groups in total. The number of rotatable bonds is 6. The van der Waals surface area contributed by atoms with Gasteiger partial charge in [0.25, 0.3) is 0 Å². The van der Waals surface area contributed by atoms with Crippen LogP contribution in [0.3, 0.4) is 0 Å². The van der Waals surface area contributed by atoms with Gasteiger partial charge in [-0.05, 0) is 57.3 Å². The molecule has 2 aliphatic carbocycles. The molecule has 0 heterocycles. The molecule has 2 aliphatic rings. The Kier molecular flexibility index (Phi) is 7.42. The molecule has 6 nitrogen and oxygen atoms in total. The summed E-state index contributed by atoms with van der Waals surface area (Å²) >= 11 is 0. The van der Waals surface area contributed by atoms with Crippen molar-refractivity contribution in [2.75, 3.05) is 0 Å². The van der Waals surface area contributed by atoms with E-state index < -0.39 is 22.5 Å². The Balaban J connectivity index is 2.43. The molecule has 2 rings (SSSR count). The third-order valence-electron chi connectivity index (χ3n) is 6.14. The Morgan fingerprint density at radius 1 is 1.29 bits per heavy atom. The smallest absolute Gasteiger partial charge is 0.397 e. The van der Waals surface area contributed by atoms with Crippen molar-refractivity contribution in [3.8, 4) is 0 Å². The number of carboxylic acids is 1. The van der Waals surface area contributed by atoms with Crippen molar-refractivity contribution in [2.45, 2.75) is 46.6 Å². The van der Waals surface area contributed by atoms with Crippen molar-refractivity contribution in [1.82, 2.24) is 0 Å². The van der Waals surface area contributed by atoms with Gasteiger partial charge >= 0.3 is 16.4 Å². The van der Waals surface area contributed by atoms with Gasteiger partial charge in [-0.1, -0.05) is 48.5 Å². The van der Waals surface area contributed by atoms with Crippen molar-refractivity contribution in [3.63, 3.8) is 0 Å². The SMILES string of the molecule is C/C=C(\C)[C@@H]1C(C)=C[C@H]2CC[C@@H](OS(=O)(=O)O)[C@@H](C)[C@H]2[C@H]1/C=C/C=C/C(=O)O. The van der Waals surface area contributed by atoms with E-state index in [0.717, 1.165) is 12.5 Å². The quantitative estimate of drug-likeness (QED) is 0.295. The van der Waals surface area contributed by atoms with Gasteiger partial charge in [0.1, 0.15) is 0 Å². The molecule has 0 aliphatic heterocycles. The standard InChI is InChI=1S/C21H30O6S/c1-5-13(2)20-14(3)12-16-10-11-18(27-28(24,25)26)15(4)21(16)17(20)8-6-7-9-19(22)23/h5-9,12,15-18,20-21H,10-11H2,1-4H3,(H,22,23)(H,24,25,26)/b8-6+,9-7+,13-5+/t15-,16-,17+,18-,20-,21-/m1/s1. The number of carbonyl (C=O) groups is 1. The highest BCUT2D eigenvalue weighted by molar-refractivity contribution is 7.80. The van der Waals surface area contributed by atoms with Crippen LogP contribution in [0.1, 0.15) is 40.5 Å². The first kappa shape index (κ1) is 22.6. The summed E-state index contributed by atoms with van der Waals surface area (Å²) in [7, 11) is -4.51. The fraction of sp³-hybridized carbons (Fsp3) is 0.571. The topological polar surface area (TPSA) is 101 Å². The van der Waals surface area contributed by atoms with E-state index in [2.05, 4.69) is 26.0 Å². The molecule has 156 valence electrons. The Bertz CT molecular complexity index is 805. The largest absolute Gasteiger partial charge is 0.478 e. The van der Waals surface area contributed by atoms with Gasteiger partial charge < -0.3 is 5.11 Å². The van der Waals surface area contributed by atoms with Crippen LogP contribution in [0.15, 0.2) is 47.6 Å². The van der Waals surface area contributed by atoms with Crippen LogP contribution in [-0.2, 0) is 19.4 Å². The average Bonchev–Trinajstić information content (AvgIpc) is 2.59. The zero-order valence-corrected chi connectivity index (χ0v) is 17.6. The zero-order valence-electron chi connectivity index (χ0n) is 16.8. The first-order chi connectivity index (χ1) is 13.0. The van der Waals surface area contributed by atoms with Gasteiger partial charge in [0.15, 0.2) is 0 Å². The van der Waals surface area contributed by atoms with E-state index in [9.17, 15) is 13.2 Å². The van der Waals surface area contributed by atoms with Crippen LogP contribution in [0.2, 0.25) is 0 Å². The number of carboxylic acid groups (broad SMARTS) is 1. The number of hydrogen-bond acceptors (Lipinski definition) is 4. The van der Waals surface area contributed by atoms with Gasteiger partial charge in [0.05, 0.1) is 6.10 Å². The van der Waals surface area contributed by atoms with E-state index in [1.165, 1.54) is 17.2 Å². The summed E-state index contributed by atoms with van der Waals surface area (Å²) in [5.74, 6) is -0.444. The van der Waals surface area contributed by atoms with E-state index in [1.54, 1.807) is 6.08 Å². The van der Waals surface area contributed by atoms with Crippen molar-refractivity contribution in [1.29, 1.82) is 0 Å². The highest BCUT2D eigenvalue weighted by atomic mass is 32.3. The molecule has 0 radical (unpaired) electrons. The van der Waals surface area contributed by atoms with E-state index >= 15 is 0 Å². The molecular weight excluding hydrogens is 380 g/mol. The molecule has 0 aromatic carbocycles. The molecule has 0 unspecified atom stereocenters. The molecule has 0 bridgehead atoms. The first-order valence-electron chi connectivity index (χ1n) is 9.59.